The number of benzene rings is 1. The fourth-order valence-corrected chi connectivity index (χ4v) is 1.75. The van der Waals surface area contributed by atoms with E-state index in [1.54, 1.807) is 18.2 Å². The van der Waals surface area contributed by atoms with E-state index >= 15 is 0 Å². The lowest BCUT2D eigenvalue weighted by molar-refractivity contribution is 0.0991. The topological polar surface area (TPSA) is 30.2 Å². The lowest BCUT2D eigenvalue weighted by atomic mass is 10.0. The lowest BCUT2D eigenvalue weighted by Crippen LogP contribution is -2.04. The van der Waals surface area contributed by atoms with Crippen molar-refractivity contribution in [1.82, 2.24) is 0 Å². The number of carbonyl (C=O) groups is 1. The molecule has 0 aliphatic heterocycles. The van der Waals surface area contributed by atoms with Crippen LogP contribution in [0.5, 0.6) is 0 Å². The van der Waals surface area contributed by atoms with Gasteiger partial charge in [0.15, 0.2) is 5.78 Å². The summed E-state index contributed by atoms with van der Waals surface area (Å²) in [5.41, 5.74) is 1.43. The van der Waals surface area contributed by atoms with Crippen LogP contribution in [0.4, 0.5) is 4.39 Å². The zero-order chi connectivity index (χ0) is 12.3. The summed E-state index contributed by atoms with van der Waals surface area (Å²) in [5, 5.41) is 0. The maximum absolute atomic E-state index is 12.7. The molecule has 17 heavy (non-hydrogen) atoms. The van der Waals surface area contributed by atoms with Crippen molar-refractivity contribution >= 4 is 5.78 Å². The molecule has 1 aromatic heterocycles. The Morgan fingerprint density at radius 2 is 1.94 bits per heavy atom. The number of halogens is 1. The number of furan rings is 1. The van der Waals surface area contributed by atoms with E-state index in [1.807, 2.05) is 6.92 Å². The summed E-state index contributed by atoms with van der Waals surface area (Å²) in [4.78, 5) is 12.0. The van der Waals surface area contributed by atoms with Crippen molar-refractivity contribution in [3.05, 3.63) is 59.3 Å². The number of hydrogen-bond acceptors (Lipinski definition) is 2. The van der Waals surface area contributed by atoms with Crippen molar-refractivity contribution < 1.29 is 13.6 Å². The van der Waals surface area contributed by atoms with E-state index in [4.69, 9.17) is 4.42 Å². The molecule has 0 aliphatic carbocycles. The first-order valence-electron chi connectivity index (χ1n) is 5.54. The van der Waals surface area contributed by atoms with Crippen LogP contribution in [0.3, 0.4) is 0 Å². The van der Waals surface area contributed by atoms with Gasteiger partial charge in [0, 0.05) is 12.8 Å². The molecule has 1 aromatic carbocycles. The van der Waals surface area contributed by atoms with Crippen LogP contribution in [0.25, 0.3) is 0 Å². The van der Waals surface area contributed by atoms with Gasteiger partial charge in [0.2, 0.25) is 0 Å². The van der Waals surface area contributed by atoms with Gasteiger partial charge in [-0.05, 0) is 23.8 Å². The molecule has 0 radical (unpaired) electrons. The minimum atomic E-state index is -0.293. The fraction of sp³-hybridized carbons (Fsp3) is 0.214. The Kier molecular flexibility index (Phi) is 3.38. The predicted molar refractivity (Wildman–Crippen MR) is 62.5 cm³/mol. The third-order valence-electron chi connectivity index (χ3n) is 2.64. The van der Waals surface area contributed by atoms with Crippen LogP contribution in [0, 0.1) is 5.82 Å². The van der Waals surface area contributed by atoms with Crippen LogP contribution < -0.4 is 0 Å². The first-order chi connectivity index (χ1) is 8.20. The van der Waals surface area contributed by atoms with Crippen LogP contribution in [0.1, 0.15) is 28.6 Å². The number of ketones is 1. The first-order valence-corrected chi connectivity index (χ1v) is 5.54. The van der Waals surface area contributed by atoms with Crippen LogP contribution in [-0.2, 0) is 12.8 Å². The Bertz CT molecular complexity index is 511. The maximum atomic E-state index is 12.7. The number of rotatable bonds is 4. The van der Waals surface area contributed by atoms with Crippen LogP contribution in [0.2, 0.25) is 0 Å². The van der Waals surface area contributed by atoms with Gasteiger partial charge < -0.3 is 4.42 Å². The summed E-state index contributed by atoms with van der Waals surface area (Å²) in [5.74, 6) is 0.415. The molecule has 0 bridgehead atoms. The van der Waals surface area contributed by atoms with Gasteiger partial charge in [-0.2, -0.15) is 0 Å². The molecule has 0 atom stereocenters. The van der Waals surface area contributed by atoms with Gasteiger partial charge in [-0.3, -0.25) is 4.79 Å². The molecule has 2 aromatic rings. The molecule has 88 valence electrons. The highest BCUT2D eigenvalue weighted by Gasteiger charge is 2.13. The molecule has 0 saturated heterocycles. The van der Waals surface area contributed by atoms with E-state index in [9.17, 15) is 9.18 Å². The van der Waals surface area contributed by atoms with Gasteiger partial charge in [0.25, 0.3) is 0 Å². The van der Waals surface area contributed by atoms with E-state index < -0.39 is 0 Å². The molecular weight excluding hydrogens is 219 g/mol. The molecular formula is C14H13FO2. The molecule has 0 amide bonds. The van der Waals surface area contributed by atoms with Crippen LogP contribution in [-0.4, -0.2) is 5.78 Å². The zero-order valence-electron chi connectivity index (χ0n) is 9.57. The van der Waals surface area contributed by atoms with Crippen LogP contribution in [0.15, 0.2) is 41.0 Å². The smallest absolute Gasteiger partial charge is 0.170 e. The van der Waals surface area contributed by atoms with Crippen molar-refractivity contribution in [2.75, 3.05) is 0 Å². The van der Waals surface area contributed by atoms with Crippen LogP contribution >= 0.6 is 0 Å². The SMILES string of the molecule is CCc1occc1C(=O)Cc1ccc(F)cc1. The number of hydrogen-bond donors (Lipinski definition) is 0. The minimum absolute atomic E-state index is 0.00204. The summed E-state index contributed by atoms with van der Waals surface area (Å²) in [6, 6.07) is 7.65. The Morgan fingerprint density at radius 3 is 2.59 bits per heavy atom. The Morgan fingerprint density at radius 1 is 1.24 bits per heavy atom. The van der Waals surface area contributed by atoms with Crippen molar-refractivity contribution in [3.8, 4) is 0 Å². The highest BCUT2D eigenvalue weighted by atomic mass is 19.1. The lowest BCUT2D eigenvalue weighted by Gasteiger charge is -2.01. The second-order valence-corrected chi connectivity index (χ2v) is 3.84. The first kappa shape index (κ1) is 11.6. The second-order valence-electron chi connectivity index (χ2n) is 3.84. The largest absolute Gasteiger partial charge is 0.469 e. The monoisotopic (exact) mass is 232 g/mol. The minimum Gasteiger partial charge on any atom is -0.469 e. The Hall–Kier alpha value is -1.90. The summed E-state index contributed by atoms with van der Waals surface area (Å²) in [6.07, 6.45) is 2.49. The third kappa shape index (κ3) is 2.61. The third-order valence-corrected chi connectivity index (χ3v) is 2.64. The van der Waals surface area contributed by atoms with E-state index in [0.717, 1.165) is 5.56 Å². The molecule has 0 aliphatic rings. The highest BCUT2D eigenvalue weighted by Crippen LogP contribution is 2.15. The quantitative estimate of drug-likeness (QED) is 0.756. The van der Waals surface area contributed by atoms with Gasteiger partial charge in [0.1, 0.15) is 11.6 Å². The molecule has 0 saturated carbocycles. The molecule has 0 fully saturated rings. The molecule has 2 nitrogen and oxygen atoms in total. The Labute approximate surface area is 99.1 Å². The average Bonchev–Trinajstić information content (AvgIpc) is 2.80. The van der Waals surface area contributed by atoms with E-state index in [-0.39, 0.29) is 18.0 Å². The van der Waals surface area contributed by atoms with Crippen molar-refractivity contribution in [2.24, 2.45) is 0 Å². The second kappa shape index (κ2) is 4.95. The summed E-state index contributed by atoms with van der Waals surface area (Å²) in [6.45, 7) is 1.94. The van der Waals surface area contributed by atoms with Gasteiger partial charge in [-0.15, -0.1) is 0 Å². The van der Waals surface area contributed by atoms with Gasteiger partial charge in [-0.1, -0.05) is 19.1 Å². The predicted octanol–water partition coefficient (Wildman–Crippen LogP) is 3.41. The summed E-state index contributed by atoms with van der Waals surface area (Å²) >= 11 is 0. The van der Waals surface area contributed by atoms with E-state index in [2.05, 4.69) is 0 Å². The van der Waals surface area contributed by atoms with E-state index in [0.29, 0.717) is 17.7 Å². The van der Waals surface area contributed by atoms with Crippen molar-refractivity contribution in [2.45, 2.75) is 19.8 Å². The summed E-state index contributed by atoms with van der Waals surface area (Å²) in [7, 11) is 0. The van der Waals surface area contributed by atoms with Gasteiger partial charge in [0.05, 0.1) is 11.8 Å². The summed E-state index contributed by atoms with van der Waals surface area (Å²) < 4.78 is 17.9. The molecule has 0 spiro atoms. The number of carbonyl (C=O) groups excluding carboxylic acids is 1. The van der Waals surface area contributed by atoms with Crippen molar-refractivity contribution in [3.63, 3.8) is 0 Å². The van der Waals surface area contributed by atoms with Gasteiger partial charge >= 0.3 is 0 Å². The number of aryl methyl sites for hydroxylation is 1. The molecule has 1 heterocycles. The molecule has 0 unspecified atom stereocenters. The van der Waals surface area contributed by atoms with E-state index in [1.165, 1.54) is 18.4 Å². The molecule has 2 rings (SSSR count). The highest BCUT2D eigenvalue weighted by molar-refractivity contribution is 5.98. The number of Topliss-reactive ketones (excluding diaryl/α,β-unsaturated/α-hetero) is 1. The Balaban J connectivity index is 2.14. The zero-order valence-corrected chi connectivity index (χ0v) is 9.57. The standard InChI is InChI=1S/C14H13FO2/c1-2-14-12(7-8-17-14)13(16)9-10-3-5-11(15)6-4-10/h3-8H,2,9H2,1H3. The average molecular weight is 232 g/mol. The van der Waals surface area contributed by atoms with Gasteiger partial charge in [-0.25, -0.2) is 4.39 Å². The molecule has 3 heteroatoms. The van der Waals surface area contributed by atoms with Crippen molar-refractivity contribution in [1.29, 1.82) is 0 Å². The maximum Gasteiger partial charge on any atom is 0.170 e. The normalized spacial score (nSPS) is 10.5. The fourth-order valence-electron chi connectivity index (χ4n) is 1.75. The molecule has 0 N–H and O–H groups in total.